The quantitative estimate of drug-likeness (QED) is 0.745. The zero-order valence-corrected chi connectivity index (χ0v) is 15.4. The first kappa shape index (κ1) is 17.4. The van der Waals surface area contributed by atoms with Crippen LogP contribution in [0.2, 0.25) is 0 Å². The lowest BCUT2D eigenvalue weighted by molar-refractivity contribution is -0.119. The van der Waals surface area contributed by atoms with Crippen molar-refractivity contribution < 1.29 is 9.59 Å². The molecule has 2 aromatic heterocycles. The minimum atomic E-state index is -0.224. The summed E-state index contributed by atoms with van der Waals surface area (Å²) in [6, 6.07) is 10.9. The normalized spacial score (nSPS) is 14.2. The Hall–Kier alpha value is -3.06. The molecule has 136 valence electrons. The summed E-state index contributed by atoms with van der Waals surface area (Å²) in [5, 5.41) is 5.25. The molecule has 0 unspecified atom stereocenters. The number of amides is 2. The fraction of sp³-hybridized carbons (Fsp3) is 0.200. The van der Waals surface area contributed by atoms with E-state index in [1.54, 1.807) is 29.4 Å². The van der Waals surface area contributed by atoms with Crippen molar-refractivity contribution in [3.05, 3.63) is 59.7 Å². The molecule has 6 nitrogen and oxygen atoms in total. The van der Waals surface area contributed by atoms with Crippen LogP contribution in [0.15, 0.2) is 54.2 Å². The van der Waals surface area contributed by atoms with E-state index in [2.05, 4.69) is 15.3 Å². The molecule has 1 fully saturated rings. The summed E-state index contributed by atoms with van der Waals surface area (Å²) in [6.07, 6.45) is 5.99. The van der Waals surface area contributed by atoms with Crippen LogP contribution in [0.25, 0.3) is 11.3 Å². The van der Waals surface area contributed by atoms with E-state index < -0.39 is 0 Å². The molecule has 27 heavy (non-hydrogen) atoms. The number of hydrogen-bond donors (Lipinski definition) is 1. The van der Waals surface area contributed by atoms with Crippen LogP contribution in [0.3, 0.4) is 0 Å². The number of thiazole rings is 1. The first-order valence-corrected chi connectivity index (χ1v) is 9.66. The second-order valence-corrected chi connectivity index (χ2v) is 7.14. The van der Waals surface area contributed by atoms with Gasteiger partial charge in [-0.2, -0.15) is 0 Å². The lowest BCUT2D eigenvalue weighted by atomic mass is 10.1. The summed E-state index contributed by atoms with van der Waals surface area (Å²) in [5.74, 6) is -0.0808. The number of rotatable bonds is 4. The maximum atomic E-state index is 12.5. The molecule has 0 atom stereocenters. The van der Waals surface area contributed by atoms with E-state index in [0.29, 0.717) is 17.1 Å². The number of aromatic nitrogens is 2. The molecular formula is C20H18N4O2S. The average Bonchev–Trinajstić information content (AvgIpc) is 3.18. The zero-order chi connectivity index (χ0) is 18.6. The standard InChI is InChI=1S/C20H18N4O2S/c25-18-5-1-2-11-24(18)16-8-6-14(7-9-16)19(26)23-20-22-17(13-27-20)15-4-3-10-21-12-15/h3-4,6-10,12-13H,1-2,5,11H2,(H,22,23,26). The van der Waals surface area contributed by atoms with Crippen LogP contribution in [0.5, 0.6) is 0 Å². The van der Waals surface area contributed by atoms with Gasteiger partial charge in [0.1, 0.15) is 0 Å². The van der Waals surface area contributed by atoms with Gasteiger partial charge in [0, 0.05) is 47.6 Å². The molecule has 1 N–H and O–H groups in total. The van der Waals surface area contributed by atoms with Crippen LogP contribution in [0, 0.1) is 0 Å². The Morgan fingerprint density at radius 2 is 2.00 bits per heavy atom. The SMILES string of the molecule is O=C(Nc1nc(-c2cccnc2)cs1)c1ccc(N2CCCCC2=O)cc1. The third-order valence-corrected chi connectivity index (χ3v) is 5.20. The molecule has 4 rings (SSSR count). The summed E-state index contributed by atoms with van der Waals surface area (Å²) >= 11 is 1.37. The molecule has 0 spiro atoms. The molecule has 0 radical (unpaired) electrons. The van der Waals surface area contributed by atoms with Crippen LogP contribution in [0.1, 0.15) is 29.6 Å². The number of pyridine rings is 1. The van der Waals surface area contributed by atoms with E-state index in [1.807, 2.05) is 29.6 Å². The second-order valence-electron chi connectivity index (χ2n) is 6.28. The van der Waals surface area contributed by atoms with Gasteiger partial charge >= 0.3 is 0 Å². The summed E-state index contributed by atoms with van der Waals surface area (Å²) < 4.78 is 0. The van der Waals surface area contributed by atoms with Gasteiger partial charge in [-0.05, 0) is 49.2 Å². The van der Waals surface area contributed by atoms with Crippen molar-refractivity contribution in [3.8, 4) is 11.3 Å². The van der Waals surface area contributed by atoms with Gasteiger partial charge in [-0.3, -0.25) is 19.9 Å². The molecule has 3 heterocycles. The van der Waals surface area contributed by atoms with Gasteiger partial charge < -0.3 is 4.90 Å². The Labute approximate surface area is 160 Å². The predicted molar refractivity (Wildman–Crippen MR) is 106 cm³/mol. The highest BCUT2D eigenvalue weighted by Crippen LogP contribution is 2.25. The lowest BCUT2D eigenvalue weighted by Crippen LogP contribution is -2.35. The molecule has 2 amide bonds. The number of hydrogen-bond acceptors (Lipinski definition) is 5. The van der Waals surface area contributed by atoms with Gasteiger partial charge in [-0.25, -0.2) is 4.98 Å². The van der Waals surface area contributed by atoms with Gasteiger partial charge in [-0.15, -0.1) is 11.3 Å². The third kappa shape index (κ3) is 3.88. The first-order valence-electron chi connectivity index (χ1n) is 8.78. The highest BCUT2D eigenvalue weighted by Gasteiger charge is 2.19. The fourth-order valence-electron chi connectivity index (χ4n) is 3.02. The van der Waals surface area contributed by atoms with Gasteiger partial charge in [0.05, 0.1) is 5.69 Å². The maximum Gasteiger partial charge on any atom is 0.257 e. The number of carbonyl (C=O) groups is 2. The molecule has 1 aliphatic heterocycles. The van der Waals surface area contributed by atoms with E-state index in [-0.39, 0.29) is 11.8 Å². The molecule has 1 saturated heterocycles. The third-order valence-electron chi connectivity index (χ3n) is 4.45. The van der Waals surface area contributed by atoms with Crippen molar-refractivity contribution in [2.24, 2.45) is 0 Å². The summed E-state index contributed by atoms with van der Waals surface area (Å²) in [7, 11) is 0. The number of nitrogens with zero attached hydrogens (tertiary/aromatic N) is 3. The summed E-state index contributed by atoms with van der Waals surface area (Å²) in [5.41, 5.74) is 3.05. The van der Waals surface area contributed by atoms with E-state index in [9.17, 15) is 9.59 Å². The molecule has 7 heteroatoms. The molecule has 0 bridgehead atoms. The lowest BCUT2D eigenvalue weighted by Gasteiger charge is -2.26. The highest BCUT2D eigenvalue weighted by atomic mass is 32.1. The van der Waals surface area contributed by atoms with Crippen molar-refractivity contribution in [2.75, 3.05) is 16.8 Å². The van der Waals surface area contributed by atoms with Gasteiger partial charge in [0.25, 0.3) is 5.91 Å². The smallest absolute Gasteiger partial charge is 0.257 e. The largest absolute Gasteiger partial charge is 0.312 e. The van der Waals surface area contributed by atoms with Crippen LogP contribution in [-0.4, -0.2) is 28.3 Å². The summed E-state index contributed by atoms with van der Waals surface area (Å²) in [6.45, 7) is 0.737. The van der Waals surface area contributed by atoms with Gasteiger partial charge in [-0.1, -0.05) is 0 Å². The van der Waals surface area contributed by atoms with E-state index in [1.165, 1.54) is 11.3 Å². The molecule has 1 aromatic carbocycles. The van der Waals surface area contributed by atoms with Crippen LogP contribution in [0.4, 0.5) is 10.8 Å². The van der Waals surface area contributed by atoms with Crippen LogP contribution >= 0.6 is 11.3 Å². The minimum absolute atomic E-state index is 0.143. The zero-order valence-electron chi connectivity index (χ0n) is 14.6. The molecule has 3 aromatic rings. The topological polar surface area (TPSA) is 75.2 Å². The number of nitrogens with one attached hydrogen (secondary N) is 1. The Morgan fingerprint density at radius 1 is 1.15 bits per heavy atom. The van der Waals surface area contributed by atoms with E-state index in [4.69, 9.17) is 0 Å². The number of piperidine rings is 1. The predicted octanol–water partition coefficient (Wildman–Crippen LogP) is 3.97. The van der Waals surface area contributed by atoms with E-state index >= 15 is 0 Å². The molecular weight excluding hydrogens is 360 g/mol. The monoisotopic (exact) mass is 378 g/mol. The maximum absolute atomic E-state index is 12.5. The Morgan fingerprint density at radius 3 is 2.74 bits per heavy atom. The Kier molecular flexibility index (Phi) is 4.93. The van der Waals surface area contributed by atoms with Crippen LogP contribution in [-0.2, 0) is 4.79 Å². The van der Waals surface area contributed by atoms with Crippen molar-refractivity contribution in [2.45, 2.75) is 19.3 Å². The Bertz CT molecular complexity index is 954. The highest BCUT2D eigenvalue weighted by molar-refractivity contribution is 7.14. The molecule has 0 aliphatic carbocycles. The minimum Gasteiger partial charge on any atom is -0.312 e. The van der Waals surface area contributed by atoms with Gasteiger partial charge in [0.15, 0.2) is 5.13 Å². The van der Waals surface area contributed by atoms with E-state index in [0.717, 1.165) is 36.3 Å². The first-order chi connectivity index (χ1) is 13.2. The fourth-order valence-corrected chi connectivity index (χ4v) is 3.73. The van der Waals surface area contributed by atoms with Gasteiger partial charge in [0.2, 0.25) is 5.91 Å². The van der Waals surface area contributed by atoms with Crippen LogP contribution < -0.4 is 10.2 Å². The number of benzene rings is 1. The molecule has 0 saturated carbocycles. The summed E-state index contributed by atoms with van der Waals surface area (Å²) in [4.78, 5) is 34.8. The number of anilines is 2. The molecule has 1 aliphatic rings. The van der Waals surface area contributed by atoms with Crippen molar-refractivity contribution >= 4 is 34.0 Å². The van der Waals surface area contributed by atoms with Crippen molar-refractivity contribution in [3.63, 3.8) is 0 Å². The number of carbonyl (C=O) groups excluding carboxylic acids is 2. The average molecular weight is 378 g/mol. The Balaban J connectivity index is 1.44. The van der Waals surface area contributed by atoms with Crippen molar-refractivity contribution in [1.29, 1.82) is 0 Å². The second kappa shape index (κ2) is 7.67. The van der Waals surface area contributed by atoms with Crippen molar-refractivity contribution in [1.82, 2.24) is 9.97 Å².